The van der Waals surface area contributed by atoms with E-state index >= 15 is 0 Å². The van der Waals surface area contributed by atoms with E-state index in [1.807, 2.05) is 25.3 Å². The summed E-state index contributed by atoms with van der Waals surface area (Å²) in [5.74, 6) is 1.21. The van der Waals surface area contributed by atoms with Crippen molar-refractivity contribution in [2.75, 3.05) is 18.0 Å². The van der Waals surface area contributed by atoms with Gasteiger partial charge < -0.3 is 9.30 Å². The number of hydrogen-bond donors (Lipinski definition) is 0. The molecule has 0 aliphatic heterocycles. The van der Waals surface area contributed by atoms with Gasteiger partial charge in [0.25, 0.3) is 10.0 Å². The van der Waals surface area contributed by atoms with Crippen molar-refractivity contribution in [3.63, 3.8) is 0 Å². The first kappa shape index (κ1) is 24.2. The molecule has 0 saturated carbocycles. The zero-order chi connectivity index (χ0) is 23.3. The Bertz CT molecular complexity index is 1150. The Hall–Kier alpha value is -2.42. The molecule has 172 valence electrons. The van der Waals surface area contributed by atoms with Gasteiger partial charge in [-0.1, -0.05) is 43.1 Å². The van der Waals surface area contributed by atoms with Gasteiger partial charge in [-0.25, -0.2) is 8.42 Å². The summed E-state index contributed by atoms with van der Waals surface area (Å²) < 4.78 is 36.0. The number of rotatable bonds is 10. The van der Waals surface area contributed by atoms with Crippen LogP contribution in [0.4, 0.5) is 5.69 Å². The molecule has 0 bridgehead atoms. The van der Waals surface area contributed by atoms with Gasteiger partial charge in [-0.15, -0.1) is 10.2 Å². The van der Waals surface area contributed by atoms with Gasteiger partial charge in [-0.05, 0) is 50.6 Å². The first-order valence-corrected chi connectivity index (χ1v) is 12.4. The van der Waals surface area contributed by atoms with Crippen LogP contribution < -0.4 is 4.31 Å². The Kier molecular flexibility index (Phi) is 7.92. The molecule has 1 heterocycles. The predicted octanol–water partition coefficient (Wildman–Crippen LogP) is 5.32. The normalized spacial score (nSPS) is 11.8. The SMILES string of the molecule is CCCCN(c1ccc(Cl)cc1-c1nnc(COC)n1C(C)C)S(=O)(=O)c1ccccc1. The van der Waals surface area contributed by atoms with E-state index in [0.29, 0.717) is 47.5 Å². The number of anilines is 1. The number of sulfonamides is 1. The lowest BCUT2D eigenvalue weighted by molar-refractivity contribution is 0.173. The fourth-order valence-corrected chi connectivity index (χ4v) is 5.29. The fraction of sp³-hybridized carbons (Fsp3) is 0.391. The van der Waals surface area contributed by atoms with Gasteiger partial charge in [0, 0.05) is 30.3 Å². The summed E-state index contributed by atoms with van der Waals surface area (Å²) in [6, 6.07) is 13.7. The number of benzene rings is 2. The molecule has 0 radical (unpaired) electrons. The number of aromatic nitrogens is 3. The van der Waals surface area contributed by atoms with Gasteiger partial charge in [-0.3, -0.25) is 4.31 Å². The van der Waals surface area contributed by atoms with Gasteiger partial charge in [0.2, 0.25) is 0 Å². The van der Waals surface area contributed by atoms with Gasteiger partial charge in [0.1, 0.15) is 6.61 Å². The number of halogens is 1. The van der Waals surface area contributed by atoms with Gasteiger partial charge in [-0.2, -0.15) is 0 Å². The minimum atomic E-state index is -3.80. The van der Waals surface area contributed by atoms with Crippen molar-refractivity contribution in [1.29, 1.82) is 0 Å². The monoisotopic (exact) mass is 476 g/mol. The van der Waals surface area contributed by atoms with Gasteiger partial charge >= 0.3 is 0 Å². The molecule has 9 heteroatoms. The van der Waals surface area contributed by atoms with Gasteiger partial charge in [0.05, 0.1) is 10.6 Å². The Morgan fingerprint density at radius 1 is 1.12 bits per heavy atom. The number of unbranched alkanes of at least 4 members (excludes halogenated alkanes) is 1. The predicted molar refractivity (Wildman–Crippen MR) is 127 cm³/mol. The zero-order valence-electron chi connectivity index (χ0n) is 18.8. The van der Waals surface area contributed by atoms with Crippen LogP contribution in [0.1, 0.15) is 45.5 Å². The highest BCUT2D eigenvalue weighted by Gasteiger charge is 2.29. The summed E-state index contributed by atoms with van der Waals surface area (Å²) in [7, 11) is -2.20. The molecular weight excluding hydrogens is 448 g/mol. The first-order valence-electron chi connectivity index (χ1n) is 10.6. The number of hydrogen-bond acceptors (Lipinski definition) is 5. The molecule has 0 aliphatic rings. The second-order valence-corrected chi connectivity index (χ2v) is 10.0. The van der Waals surface area contributed by atoms with E-state index in [2.05, 4.69) is 10.2 Å². The van der Waals surface area contributed by atoms with Crippen molar-refractivity contribution in [2.24, 2.45) is 0 Å². The Balaban J connectivity index is 2.23. The van der Waals surface area contributed by atoms with Crippen molar-refractivity contribution in [3.8, 4) is 11.4 Å². The van der Waals surface area contributed by atoms with Crippen molar-refractivity contribution in [1.82, 2.24) is 14.8 Å². The molecule has 32 heavy (non-hydrogen) atoms. The van der Waals surface area contributed by atoms with Crippen LogP contribution in [0.25, 0.3) is 11.4 Å². The van der Waals surface area contributed by atoms with Crippen molar-refractivity contribution >= 4 is 27.3 Å². The Morgan fingerprint density at radius 3 is 2.47 bits per heavy atom. The molecule has 0 N–H and O–H groups in total. The van der Waals surface area contributed by atoms with E-state index in [1.165, 1.54) is 4.31 Å². The minimum Gasteiger partial charge on any atom is -0.377 e. The van der Waals surface area contributed by atoms with E-state index in [-0.39, 0.29) is 10.9 Å². The molecule has 3 aromatic rings. The molecule has 2 aromatic carbocycles. The van der Waals surface area contributed by atoms with Crippen LogP contribution in [0, 0.1) is 0 Å². The van der Waals surface area contributed by atoms with E-state index in [4.69, 9.17) is 16.3 Å². The lowest BCUT2D eigenvalue weighted by atomic mass is 10.1. The topological polar surface area (TPSA) is 77.3 Å². The summed E-state index contributed by atoms with van der Waals surface area (Å²) in [5.41, 5.74) is 1.13. The van der Waals surface area contributed by atoms with Crippen LogP contribution in [0.5, 0.6) is 0 Å². The highest BCUT2D eigenvalue weighted by atomic mass is 35.5. The molecule has 0 spiro atoms. The van der Waals surface area contributed by atoms with Crippen LogP contribution in [0.2, 0.25) is 5.02 Å². The number of methoxy groups -OCH3 is 1. The summed E-state index contributed by atoms with van der Waals surface area (Å²) in [6.45, 7) is 6.70. The average Bonchev–Trinajstić information content (AvgIpc) is 3.19. The Labute approximate surface area is 195 Å². The number of ether oxygens (including phenoxy) is 1. The second kappa shape index (κ2) is 10.5. The van der Waals surface area contributed by atoms with Crippen LogP contribution in [0.15, 0.2) is 53.4 Å². The first-order chi connectivity index (χ1) is 15.3. The highest BCUT2D eigenvalue weighted by molar-refractivity contribution is 7.92. The maximum atomic E-state index is 13.7. The molecule has 0 saturated heterocycles. The van der Waals surface area contributed by atoms with Crippen LogP contribution in [-0.4, -0.2) is 36.8 Å². The van der Waals surface area contributed by atoms with E-state index in [0.717, 1.165) is 6.42 Å². The summed E-state index contributed by atoms with van der Waals surface area (Å²) in [6.07, 6.45) is 1.56. The van der Waals surface area contributed by atoms with E-state index in [1.54, 1.807) is 55.6 Å². The summed E-state index contributed by atoms with van der Waals surface area (Å²) in [4.78, 5) is 0.238. The molecule has 7 nitrogen and oxygen atoms in total. The molecular formula is C23H29ClN4O3S. The largest absolute Gasteiger partial charge is 0.377 e. The van der Waals surface area contributed by atoms with Crippen molar-refractivity contribution < 1.29 is 13.2 Å². The standard InChI is InChI=1S/C23H29ClN4O3S/c1-5-6-14-27(32(29,30)19-10-8-7-9-11-19)21-13-12-18(24)15-20(21)23-26-25-22(16-31-4)28(23)17(2)3/h7-13,15,17H,5-6,14,16H2,1-4H3. The average molecular weight is 477 g/mol. The third kappa shape index (κ3) is 4.98. The van der Waals surface area contributed by atoms with Crippen molar-refractivity contribution in [3.05, 3.63) is 59.4 Å². The molecule has 0 unspecified atom stereocenters. The molecule has 0 atom stereocenters. The third-order valence-corrected chi connectivity index (χ3v) is 7.13. The van der Waals surface area contributed by atoms with Crippen LogP contribution in [-0.2, 0) is 21.4 Å². The van der Waals surface area contributed by atoms with Crippen LogP contribution in [0.3, 0.4) is 0 Å². The smallest absolute Gasteiger partial charge is 0.264 e. The summed E-state index contributed by atoms with van der Waals surface area (Å²) >= 11 is 6.36. The molecule has 0 amide bonds. The van der Waals surface area contributed by atoms with Crippen LogP contribution >= 0.6 is 11.6 Å². The molecule has 0 fully saturated rings. The van der Waals surface area contributed by atoms with Gasteiger partial charge in [0.15, 0.2) is 11.6 Å². The molecule has 3 rings (SSSR count). The maximum absolute atomic E-state index is 13.7. The number of nitrogens with zero attached hydrogens (tertiary/aromatic N) is 4. The van der Waals surface area contributed by atoms with E-state index < -0.39 is 10.0 Å². The Morgan fingerprint density at radius 2 is 1.84 bits per heavy atom. The zero-order valence-corrected chi connectivity index (χ0v) is 20.4. The minimum absolute atomic E-state index is 0.0341. The second-order valence-electron chi connectivity index (χ2n) is 7.74. The molecule has 1 aromatic heterocycles. The van der Waals surface area contributed by atoms with Crippen molar-refractivity contribution in [2.45, 2.75) is 51.2 Å². The lowest BCUT2D eigenvalue weighted by Gasteiger charge is -2.27. The maximum Gasteiger partial charge on any atom is 0.264 e. The highest BCUT2D eigenvalue weighted by Crippen LogP contribution is 2.37. The van der Waals surface area contributed by atoms with E-state index in [9.17, 15) is 8.42 Å². The third-order valence-electron chi connectivity index (χ3n) is 5.07. The quantitative estimate of drug-likeness (QED) is 0.395. The summed E-state index contributed by atoms with van der Waals surface area (Å²) in [5, 5.41) is 9.18. The fourth-order valence-electron chi connectivity index (χ4n) is 3.57. The lowest BCUT2D eigenvalue weighted by Crippen LogP contribution is -2.32. The molecule has 0 aliphatic carbocycles.